The Labute approximate surface area is 96.6 Å². The van der Waals surface area contributed by atoms with Crippen LogP contribution in [0, 0.1) is 17.8 Å². The van der Waals surface area contributed by atoms with Crippen LogP contribution in [-0.4, -0.2) is 23.5 Å². The molecule has 3 heteroatoms. The van der Waals surface area contributed by atoms with Gasteiger partial charge in [-0.05, 0) is 43.8 Å². The second-order valence-electron chi connectivity index (χ2n) is 4.99. The molecule has 0 aliphatic heterocycles. The van der Waals surface area contributed by atoms with Crippen molar-refractivity contribution in [2.24, 2.45) is 17.8 Å². The maximum absolute atomic E-state index is 11.9. The summed E-state index contributed by atoms with van der Waals surface area (Å²) in [7, 11) is 0. The van der Waals surface area contributed by atoms with Crippen LogP contribution in [0.4, 0.5) is 0 Å². The van der Waals surface area contributed by atoms with Crippen molar-refractivity contribution in [3.63, 3.8) is 0 Å². The number of carbonyl (C=O) groups excluding carboxylic acids is 1. The van der Waals surface area contributed by atoms with Crippen LogP contribution in [0.25, 0.3) is 0 Å². The summed E-state index contributed by atoms with van der Waals surface area (Å²) in [6.07, 6.45) is 3.71. The monoisotopic (exact) mass is 227 g/mol. The van der Waals surface area contributed by atoms with Crippen LogP contribution in [0.15, 0.2) is 0 Å². The Morgan fingerprint density at radius 2 is 2.07 bits per heavy atom. The first-order valence-electron chi connectivity index (χ1n) is 6.08. The lowest BCUT2D eigenvalue weighted by molar-refractivity contribution is -0.125. The van der Waals surface area contributed by atoms with E-state index >= 15 is 0 Å². The van der Waals surface area contributed by atoms with Gasteiger partial charge in [0.1, 0.15) is 0 Å². The molecule has 2 saturated carbocycles. The molecule has 3 atom stereocenters. The Bertz CT molecular complexity index is 234. The van der Waals surface area contributed by atoms with E-state index in [0.717, 1.165) is 36.2 Å². The quantitative estimate of drug-likeness (QED) is 0.781. The zero-order chi connectivity index (χ0) is 10.8. The van der Waals surface area contributed by atoms with Crippen molar-refractivity contribution in [3.8, 4) is 0 Å². The van der Waals surface area contributed by atoms with Gasteiger partial charge in [0.2, 0.25) is 5.91 Å². The average molecular weight is 227 g/mol. The molecule has 15 heavy (non-hydrogen) atoms. The maximum atomic E-state index is 11.9. The molecule has 0 saturated heterocycles. The van der Waals surface area contributed by atoms with Crippen molar-refractivity contribution in [2.45, 2.75) is 39.2 Å². The molecular formula is C12H21NOS. The van der Waals surface area contributed by atoms with Crippen molar-refractivity contribution in [3.05, 3.63) is 0 Å². The molecule has 2 nitrogen and oxygen atoms in total. The number of thioether (sulfide) groups is 1. The Balaban J connectivity index is 1.67. The predicted molar refractivity (Wildman–Crippen MR) is 64.9 cm³/mol. The molecule has 0 radical (unpaired) electrons. The summed E-state index contributed by atoms with van der Waals surface area (Å²) >= 11 is 1.90. The summed E-state index contributed by atoms with van der Waals surface area (Å²) in [5.41, 5.74) is 0. The van der Waals surface area contributed by atoms with Crippen molar-refractivity contribution in [1.29, 1.82) is 0 Å². The number of hydrogen-bond acceptors (Lipinski definition) is 2. The van der Waals surface area contributed by atoms with Gasteiger partial charge in [0.25, 0.3) is 0 Å². The second kappa shape index (κ2) is 4.77. The molecular weight excluding hydrogens is 206 g/mol. The molecule has 2 fully saturated rings. The number of nitrogens with one attached hydrogen (secondary N) is 1. The van der Waals surface area contributed by atoms with Crippen LogP contribution in [-0.2, 0) is 4.79 Å². The molecule has 0 aromatic carbocycles. The number of hydrogen-bond donors (Lipinski definition) is 1. The van der Waals surface area contributed by atoms with Crippen LogP contribution in [0.3, 0.4) is 0 Å². The van der Waals surface area contributed by atoms with Crippen LogP contribution in [0.2, 0.25) is 0 Å². The normalized spacial score (nSPS) is 34.7. The van der Waals surface area contributed by atoms with Crippen LogP contribution in [0.1, 0.15) is 33.1 Å². The Morgan fingerprint density at radius 3 is 2.67 bits per heavy atom. The lowest BCUT2D eigenvalue weighted by Crippen LogP contribution is -2.38. The number of fused-ring (bicyclic) bond motifs is 1. The van der Waals surface area contributed by atoms with Gasteiger partial charge in [-0.2, -0.15) is 11.8 Å². The summed E-state index contributed by atoms with van der Waals surface area (Å²) in [6.45, 7) is 4.26. The van der Waals surface area contributed by atoms with Gasteiger partial charge in [0.05, 0.1) is 0 Å². The van der Waals surface area contributed by atoms with Crippen molar-refractivity contribution >= 4 is 17.7 Å². The third kappa shape index (κ3) is 2.90. The number of rotatable bonds is 5. The first-order chi connectivity index (χ1) is 7.20. The van der Waals surface area contributed by atoms with E-state index in [2.05, 4.69) is 19.2 Å². The molecule has 86 valence electrons. The van der Waals surface area contributed by atoms with E-state index in [1.165, 1.54) is 6.42 Å². The molecule has 2 aliphatic rings. The van der Waals surface area contributed by atoms with E-state index in [1.807, 2.05) is 11.8 Å². The lowest BCUT2D eigenvalue weighted by atomic mass is 10.0. The minimum absolute atomic E-state index is 0.311. The summed E-state index contributed by atoms with van der Waals surface area (Å²) in [5.74, 6) is 4.63. The first kappa shape index (κ1) is 11.3. The van der Waals surface area contributed by atoms with E-state index < -0.39 is 0 Å². The highest BCUT2D eigenvalue weighted by Gasteiger charge is 2.47. The number of amides is 1. The molecule has 0 bridgehead atoms. The van der Waals surface area contributed by atoms with Crippen LogP contribution in [0.5, 0.6) is 0 Å². The highest BCUT2D eigenvalue weighted by molar-refractivity contribution is 7.99. The largest absolute Gasteiger partial charge is 0.353 e. The van der Waals surface area contributed by atoms with Gasteiger partial charge in [0.15, 0.2) is 0 Å². The summed E-state index contributed by atoms with van der Waals surface area (Å²) in [5, 5.41) is 3.14. The highest BCUT2D eigenvalue weighted by atomic mass is 32.2. The van der Waals surface area contributed by atoms with Gasteiger partial charge >= 0.3 is 0 Å². The van der Waals surface area contributed by atoms with E-state index in [4.69, 9.17) is 0 Å². The average Bonchev–Trinajstić information content (AvgIpc) is 2.82. The zero-order valence-corrected chi connectivity index (χ0v) is 10.5. The molecule has 0 aromatic rings. The predicted octanol–water partition coefficient (Wildman–Crippen LogP) is 2.29. The van der Waals surface area contributed by atoms with Gasteiger partial charge < -0.3 is 5.32 Å². The molecule has 0 heterocycles. The van der Waals surface area contributed by atoms with Gasteiger partial charge in [-0.15, -0.1) is 0 Å². The van der Waals surface area contributed by atoms with Gasteiger partial charge in [-0.3, -0.25) is 4.79 Å². The van der Waals surface area contributed by atoms with Gasteiger partial charge in [-0.1, -0.05) is 6.92 Å². The van der Waals surface area contributed by atoms with Crippen molar-refractivity contribution in [1.82, 2.24) is 5.32 Å². The Kier molecular flexibility index (Phi) is 3.60. The third-order valence-corrected chi connectivity index (χ3v) is 4.72. The maximum Gasteiger partial charge on any atom is 0.223 e. The van der Waals surface area contributed by atoms with E-state index in [-0.39, 0.29) is 0 Å². The highest BCUT2D eigenvalue weighted by Crippen LogP contribution is 2.54. The molecule has 0 spiro atoms. The minimum Gasteiger partial charge on any atom is -0.353 e. The lowest BCUT2D eigenvalue weighted by Gasteiger charge is -2.17. The van der Waals surface area contributed by atoms with E-state index in [1.54, 1.807) is 0 Å². The Morgan fingerprint density at radius 1 is 1.40 bits per heavy atom. The van der Waals surface area contributed by atoms with E-state index in [9.17, 15) is 4.79 Å². The third-order valence-electron chi connectivity index (χ3n) is 3.57. The fourth-order valence-corrected chi connectivity index (χ4v) is 3.30. The molecule has 1 N–H and O–H groups in total. The molecule has 2 aliphatic carbocycles. The van der Waals surface area contributed by atoms with Crippen LogP contribution < -0.4 is 5.32 Å². The molecule has 2 rings (SSSR count). The topological polar surface area (TPSA) is 29.1 Å². The van der Waals surface area contributed by atoms with Crippen molar-refractivity contribution < 1.29 is 4.79 Å². The van der Waals surface area contributed by atoms with Gasteiger partial charge in [0, 0.05) is 17.7 Å². The zero-order valence-electron chi connectivity index (χ0n) is 9.66. The molecule has 0 aromatic heterocycles. The summed E-state index contributed by atoms with van der Waals surface area (Å²) in [4.78, 5) is 11.9. The van der Waals surface area contributed by atoms with Gasteiger partial charge in [-0.25, -0.2) is 0 Å². The fourth-order valence-electron chi connectivity index (χ4n) is 2.63. The fraction of sp³-hybridized carbons (Fsp3) is 0.917. The van der Waals surface area contributed by atoms with E-state index in [0.29, 0.717) is 17.9 Å². The smallest absolute Gasteiger partial charge is 0.223 e. The Hall–Kier alpha value is -0.180. The second-order valence-corrected chi connectivity index (χ2v) is 6.31. The first-order valence-corrected chi connectivity index (χ1v) is 7.24. The SMILES string of the molecule is CCSCC(C)NC(=O)C1CC2CC2C1. The van der Waals surface area contributed by atoms with Crippen molar-refractivity contribution in [2.75, 3.05) is 11.5 Å². The standard InChI is InChI=1S/C12H21NOS/c1-3-15-7-8(2)13-12(14)11-5-9-4-10(9)6-11/h8-11H,3-7H2,1-2H3,(H,13,14). The summed E-state index contributed by atoms with van der Waals surface area (Å²) < 4.78 is 0. The minimum atomic E-state index is 0.311. The summed E-state index contributed by atoms with van der Waals surface area (Å²) in [6, 6.07) is 0.333. The van der Waals surface area contributed by atoms with Crippen LogP contribution >= 0.6 is 11.8 Å². The molecule has 3 unspecified atom stereocenters. The molecule has 1 amide bonds. The number of carbonyl (C=O) groups is 1.